The van der Waals surface area contributed by atoms with Gasteiger partial charge in [0.05, 0.1) is 0 Å². The molecule has 0 aromatic heterocycles. The first-order valence-corrected chi connectivity index (χ1v) is 7.95. The quantitative estimate of drug-likeness (QED) is 0.536. The van der Waals surface area contributed by atoms with Crippen LogP contribution in [0.5, 0.6) is 0 Å². The molecule has 0 aromatic carbocycles. The van der Waals surface area contributed by atoms with E-state index in [1.54, 1.807) is 0 Å². The van der Waals surface area contributed by atoms with Gasteiger partial charge in [0, 0.05) is 25.6 Å². The molecule has 0 bridgehead atoms. The number of unbranched alkanes of at least 4 members (excludes halogenated alkanes) is 7. The Kier molecular flexibility index (Phi) is 9.19. The lowest BCUT2D eigenvalue weighted by Gasteiger charge is -2.20. The Hall–Kier alpha value is -0.370. The molecule has 1 aliphatic rings. The van der Waals surface area contributed by atoms with Crippen LogP contribution in [0.25, 0.3) is 0 Å². The summed E-state index contributed by atoms with van der Waals surface area (Å²) in [7, 11) is 0. The third-order valence-corrected chi connectivity index (χ3v) is 3.95. The number of ketones is 1. The molecule has 106 valence electrons. The minimum Gasteiger partial charge on any atom is -0.381 e. The van der Waals surface area contributed by atoms with Crippen LogP contribution in [0.2, 0.25) is 0 Å². The van der Waals surface area contributed by atoms with Crippen LogP contribution in [0.4, 0.5) is 0 Å². The second-order valence-corrected chi connectivity index (χ2v) is 5.58. The van der Waals surface area contributed by atoms with E-state index < -0.39 is 0 Å². The molecule has 0 aliphatic carbocycles. The number of Topliss-reactive ketones (excluding diaryl/α,β-unsaturated/α-hetero) is 1. The summed E-state index contributed by atoms with van der Waals surface area (Å²) in [4.78, 5) is 11.9. The first-order valence-electron chi connectivity index (χ1n) is 7.95. The molecule has 1 fully saturated rings. The van der Waals surface area contributed by atoms with Gasteiger partial charge in [0.1, 0.15) is 5.78 Å². The Morgan fingerprint density at radius 1 is 0.944 bits per heavy atom. The van der Waals surface area contributed by atoms with Gasteiger partial charge in [-0.1, -0.05) is 51.9 Å². The Bertz CT molecular complexity index is 207. The lowest BCUT2D eigenvalue weighted by molar-refractivity contribution is -0.125. The second kappa shape index (κ2) is 10.5. The predicted molar refractivity (Wildman–Crippen MR) is 75.8 cm³/mol. The minimum absolute atomic E-state index is 0.309. The first-order chi connectivity index (χ1) is 8.84. The van der Waals surface area contributed by atoms with Gasteiger partial charge in [0.15, 0.2) is 0 Å². The van der Waals surface area contributed by atoms with Crippen molar-refractivity contribution in [1.29, 1.82) is 0 Å². The van der Waals surface area contributed by atoms with E-state index in [1.807, 2.05) is 0 Å². The number of carbonyl (C=O) groups is 1. The molecule has 2 heteroatoms. The van der Waals surface area contributed by atoms with E-state index in [1.165, 1.54) is 44.9 Å². The third-order valence-electron chi connectivity index (χ3n) is 3.95. The van der Waals surface area contributed by atoms with Crippen molar-refractivity contribution in [3.8, 4) is 0 Å². The van der Waals surface area contributed by atoms with Crippen LogP contribution in [0.1, 0.15) is 77.6 Å². The maximum Gasteiger partial charge on any atom is 0.136 e. The van der Waals surface area contributed by atoms with Crippen LogP contribution in [-0.4, -0.2) is 19.0 Å². The summed E-state index contributed by atoms with van der Waals surface area (Å²) in [5.74, 6) is 0.799. The summed E-state index contributed by atoms with van der Waals surface area (Å²) >= 11 is 0. The molecule has 0 N–H and O–H groups in total. The lowest BCUT2D eigenvalue weighted by atomic mass is 9.92. The first kappa shape index (κ1) is 15.7. The van der Waals surface area contributed by atoms with Crippen LogP contribution in [0, 0.1) is 5.92 Å². The SMILES string of the molecule is CCCCCCCCCCC(=O)C1CCOCC1. The Labute approximate surface area is 112 Å². The minimum atomic E-state index is 0.309. The highest BCUT2D eigenvalue weighted by molar-refractivity contribution is 5.80. The topological polar surface area (TPSA) is 26.3 Å². The molecule has 1 saturated heterocycles. The highest BCUT2D eigenvalue weighted by atomic mass is 16.5. The summed E-state index contributed by atoms with van der Waals surface area (Å²) in [6, 6.07) is 0. The Morgan fingerprint density at radius 2 is 1.50 bits per heavy atom. The van der Waals surface area contributed by atoms with Crippen molar-refractivity contribution in [3.63, 3.8) is 0 Å². The van der Waals surface area contributed by atoms with Gasteiger partial charge in [-0.25, -0.2) is 0 Å². The molecule has 1 aliphatic heterocycles. The van der Waals surface area contributed by atoms with Gasteiger partial charge in [-0.05, 0) is 19.3 Å². The largest absolute Gasteiger partial charge is 0.381 e. The van der Waals surface area contributed by atoms with Crippen molar-refractivity contribution in [2.75, 3.05) is 13.2 Å². The molecule has 0 amide bonds. The van der Waals surface area contributed by atoms with E-state index in [9.17, 15) is 4.79 Å². The fraction of sp³-hybridized carbons (Fsp3) is 0.938. The molecule has 0 saturated carbocycles. The van der Waals surface area contributed by atoms with E-state index in [0.717, 1.165) is 38.9 Å². The average molecular weight is 254 g/mol. The van der Waals surface area contributed by atoms with Crippen molar-refractivity contribution in [2.24, 2.45) is 5.92 Å². The number of carbonyl (C=O) groups excluding carboxylic acids is 1. The van der Waals surface area contributed by atoms with Crippen molar-refractivity contribution in [3.05, 3.63) is 0 Å². The molecule has 1 rings (SSSR count). The van der Waals surface area contributed by atoms with E-state index >= 15 is 0 Å². The van der Waals surface area contributed by atoms with Gasteiger partial charge in [-0.2, -0.15) is 0 Å². The predicted octanol–water partition coefficient (Wildman–Crippen LogP) is 4.51. The average Bonchev–Trinajstić information content (AvgIpc) is 2.42. The van der Waals surface area contributed by atoms with Gasteiger partial charge in [-0.15, -0.1) is 0 Å². The number of rotatable bonds is 10. The van der Waals surface area contributed by atoms with E-state index in [-0.39, 0.29) is 0 Å². The number of ether oxygens (including phenoxy) is 1. The van der Waals surface area contributed by atoms with Crippen LogP contribution < -0.4 is 0 Å². The zero-order valence-corrected chi connectivity index (χ0v) is 12.1. The molecule has 1 heterocycles. The van der Waals surface area contributed by atoms with E-state index in [0.29, 0.717) is 11.7 Å². The maximum atomic E-state index is 11.9. The summed E-state index contributed by atoms with van der Waals surface area (Å²) < 4.78 is 5.29. The summed E-state index contributed by atoms with van der Waals surface area (Å²) in [6.45, 7) is 3.82. The molecule has 2 nitrogen and oxygen atoms in total. The molecule has 18 heavy (non-hydrogen) atoms. The highest BCUT2D eigenvalue weighted by Crippen LogP contribution is 2.19. The number of hydrogen-bond acceptors (Lipinski definition) is 2. The van der Waals surface area contributed by atoms with Crippen LogP contribution in [-0.2, 0) is 9.53 Å². The molecule has 0 aromatic rings. The molecular weight excluding hydrogens is 224 g/mol. The second-order valence-electron chi connectivity index (χ2n) is 5.58. The monoisotopic (exact) mass is 254 g/mol. The maximum absolute atomic E-state index is 11.9. The van der Waals surface area contributed by atoms with E-state index in [4.69, 9.17) is 4.74 Å². The molecule has 0 atom stereocenters. The Balaban J connectivity index is 1.89. The summed E-state index contributed by atoms with van der Waals surface area (Å²) in [6.07, 6.45) is 13.2. The lowest BCUT2D eigenvalue weighted by Crippen LogP contribution is -2.23. The fourth-order valence-electron chi connectivity index (χ4n) is 2.66. The highest BCUT2D eigenvalue weighted by Gasteiger charge is 2.20. The summed E-state index contributed by atoms with van der Waals surface area (Å²) in [5, 5.41) is 0. The summed E-state index contributed by atoms with van der Waals surface area (Å²) in [5.41, 5.74) is 0. The van der Waals surface area contributed by atoms with Gasteiger partial charge >= 0.3 is 0 Å². The zero-order chi connectivity index (χ0) is 13.1. The Morgan fingerprint density at radius 3 is 2.11 bits per heavy atom. The van der Waals surface area contributed by atoms with Crippen LogP contribution in [0.3, 0.4) is 0 Å². The van der Waals surface area contributed by atoms with Gasteiger partial charge in [0.25, 0.3) is 0 Å². The van der Waals surface area contributed by atoms with Gasteiger partial charge < -0.3 is 4.74 Å². The normalized spacial score (nSPS) is 16.9. The molecule has 0 unspecified atom stereocenters. The van der Waals surface area contributed by atoms with Crippen LogP contribution in [0.15, 0.2) is 0 Å². The van der Waals surface area contributed by atoms with Crippen molar-refractivity contribution < 1.29 is 9.53 Å². The molecule has 0 spiro atoms. The van der Waals surface area contributed by atoms with Crippen molar-refractivity contribution in [2.45, 2.75) is 77.6 Å². The van der Waals surface area contributed by atoms with Crippen molar-refractivity contribution in [1.82, 2.24) is 0 Å². The van der Waals surface area contributed by atoms with E-state index in [2.05, 4.69) is 6.92 Å². The fourth-order valence-corrected chi connectivity index (χ4v) is 2.66. The number of hydrogen-bond donors (Lipinski definition) is 0. The zero-order valence-electron chi connectivity index (χ0n) is 12.1. The van der Waals surface area contributed by atoms with Crippen molar-refractivity contribution >= 4 is 5.78 Å². The standard InChI is InChI=1S/C16H30O2/c1-2-3-4-5-6-7-8-9-10-16(17)15-11-13-18-14-12-15/h15H,2-14H2,1H3. The van der Waals surface area contributed by atoms with Gasteiger partial charge in [-0.3, -0.25) is 4.79 Å². The molecule has 0 radical (unpaired) electrons. The third kappa shape index (κ3) is 7.15. The molecular formula is C16H30O2. The van der Waals surface area contributed by atoms with Gasteiger partial charge in [0.2, 0.25) is 0 Å². The van der Waals surface area contributed by atoms with Crippen LogP contribution >= 0.6 is 0 Å². The smallest absolute Gasteiger partial charge is 0.136 e.